The number of fused-ring (bicyclic) bond motifs is 1. The molecule has 2 saturated carbocycles. The summed E-state index contributed by atoms with van der Waals surface area (Å²) < 4.78 is 0. The number of carbonyl (C=O) groups excluding carboxylic acids is 1. The molecule has 3 nitrogen and oxygen atoms in total. The van der Waals surface area contributed by atoms with Gasteiger partial charge in [-0.15, -0.1) is 0 Å². The molecule has 19 heavy (non-hydrogen) atoms. The first-order chi connectivity index (χ1) is 9.20. The van der Waals surface area contributed by atoms with Crippen molar-refractivity contribution in [2.45, 2.75) is 25.7 Å². The number of halogens is 1. The summed E-state index contributed by atoms with van der Waals surface area (Å²) >= 11 is 6.06. The van der Waals surface area contributed by atoms with E-state index in [0.29, 0.717) is 28.1 Å². The van der Waals surface area contributed by atoms with Gasteiger partial charge in [-0.2, -0.15) is 5.26 Å². The monoisotopic (exact) mass is 274 g/mol. The van der Waals surface area contributed by atoms with Gasteiger partial charge >= 0.3 is 0 Å². The van der Waals surface area contributed by atoms with Crippen molar-refractivity contribution in [3.05, 3.63) is 28.8 Å². The first kappa shape index (κ1) is 12.5. The Morgan fingerprint density at radius 1 is 1.32 bits per heavy atom. The standard InChI is InChI=1S/C15H15ClN2O/c16-12-7-9(8-17)5-6-13(12)18-15(19)14-10-3-1-2-4-11(10)14/h5-7,10-11,14H,1-4H2,(H,18,19). The average molecular weight is 275 g/mol. The first-order valence-electron chi connectivity index (χ1n) is 6.71. The number of benzene rings is 1. The van der Waals surface area contributed by atoms with Gasteiger partial charge in [0.1, 0.15) is 0 Å². The number of nitriles is 1. The second-order valence-electron chi connectivity index (χ2n) is 5.43. The lowest BCUT2D eigenvalue weighted by Gasteiger charge is -2.07. The Morgan fingerprint density at radius 2 is 2.00 bits per heavy atom. The van der Waals surface area contributed by atoms with Crippen molar-refractivity contribution in [3.63, 3.8) is 0 Å². The molecule has 0 heterocycles. The summed E-state index contributed by atoms with van der Waals surface area (Å²) in [6.07, 6.45) is 4.87. The Bertz CT molecular complexity index is 552. The molecule has 2 fully saturated rings. The summed E-state index contributed by atoms with van der Waals surface area (Å²) in [6.45, 7) is 0. The predicted molar refractivity (Wildman–Crippen MR) is 73.7 cm³/mol. The zero-order valence-corrected chi connectivity index (χ0v) is 11.3. The van der Waals surface area contributed by atoms with Crippen LogP contribution in [0.25, 0.3) is 0 Å². The second kappa shape index (κ2) is 4.86. The third-order valence-corrected chi connectivity index (χ3v) is 4.63. The summed E-state index contributed by atoms with van der Waals surface area (Å²) in [5.74, 6) is 1.44. The minimum atomic E-state index is 0.0866. The highest BCUT2D eigenvalue weighted by molar-refractivity contribution is 6.33. The fraction of sp³-hybridized carbons (Fsp3) is 0.467. The Morgan fingerprint density at radius 3 is 2.58 bits per heavy atom. The molecule has 0 spiro atoms. The van der Waals surface area contributed by atoms with Crippen LogP contribution in [0.2, 0.25) is 5.02 Å². The van der Waals surface area contributed by atoms with Crippen molar-refractivity contribution >= 4 is 23.2 Å². The van der Waals surface area contributed by atoms with Crippen molar-refractivity contribution in [1.82, 2.24) is 0 Å². The lowest BCUT2D eigenvalue weighted by molar-refractivity contribution is -0.117. The van der Waals surface area contributed by atoms with Crippen LogP contribution in [0.1, 0.15) is 31.2 Å². The maximum atomic E-state index is 12.2. The molecule has 3 rings (SSSR count). The third kappa shape index (κ3) is 2.33. The van der Waals surface area contributed by atoms with E-state index in [9.17, 15) is 4.79 Å². The molecular formula is C15H15ClN2O. The Balaban J connectivity index is 1.69. The summed E-state index contributed by atoms with van der Waals surface area (Å²) in [5, 5.41) is 12.1. The molecular weight excluding hydrogens is 260 g/mol. The molecule has 2 atom stereocenters. The number of nitrogens with one attached hydrogen (secondary N) is 1. The second-order valence-corrected chi connectivity index (χ2v) is 5.84. The lowest BCUT2D eigenvalue weighted by Crippen LogP contribution is -2.15. The normalized spacial score (nSPS) is 28.1. The zero-order valence-electron chi connectivity index (χ0n) is 10.5. The summed E-state index contributed by atoms with van der Waals surface area (Å²) in [4.78, 5) is 12.2. The van der Waals surface area contributed by atoms with Gasteiger partial charge in [0.2, 0.25) is 5.91 Å². The topological polar surface area (TPSA) is 52.9 Å². The van der Waals surface area contributed by atoms with E-state index in [-0.39, 0.29) is 11.8 Å². The number of hydrogen-bond donors (Lipinski definition) is 1. The van der Waals surface area contributed by atoms with Crippen LogP contribution in [0.5, 0.6) is 0 Å². The lowest BCUT2D eigenvalue weighted by atomic mass is 10.0. The molecule has 1 aromatic rings. The van der Waals surface area contributed by atoms with Crippen molar-refractivity contribution in [2.24, 2.45) is 17.8 Å². The molecule has 1 amide bonds. The van der Waals surface area contributed by atoms with Crippen LogP contribution in [0.4, 0.5) is 5.69 Å². The van der Waals surface area contributed by atoms with Crippen molar-refractivity contribution in [3.8, 4) is 6.07 Å². The Labute approximate surface area is 117 Å². The van der Waals surface area contributed by atoms with Gasteiger partial charge in [0.05, 0.1) is 22.3 Å². The highest BCUT2D eigenvalue weighted by Gasteiger charge is 2.54. The molecule has 2 unspecified atom stereocenters. The molecule has 0 bridgehead atoms. The highest BCUT2D eigenvalue weighted by Crippen LogP contribution is 2.55. The van der Waals surface area contributed by atoms with E-state index >= 15 is 0 Å². The fourth-order valence-corrected chi connectivity index (χ4v) is 3.51. The van der Waals surface area contributed by atoms with E-state index in [1.54, 1.807) is 18.2 Å². The van der Waals surface area contributed by atoms with Gasteiger partial charge in [0.25, 0.3) is 0 Å². The third-order valence-electron chi connectivity index (χ3n) is 4.32. The molecule has 0 aliphatic heterocycles. The molecule has 1 aromatic carbocycles. The number of amides is 1. The van der Waals surface area contributed by atoms with Gasteiger partial charge in [0.15, 0.2) is 0 Å². The maximum Gasteiger partial charge on any atom is 0.228 e. The van der Waals surface area contributed by atoms with Gasteiger partial charge in [0, 0.05) is 5.92 Å². The first-order valence-corrected chi connectivity index (χ1v) is 7.09. The van der Waals surface area contributed by atoms with Gasteiger partial charge < -0.3 is 5.32 Å². The molecule has 2 aliphatic rings. The van der Waals surface area contributed by atoms with Gasteiger partial charge in [-0.1, -0.05) is 24.4 Å². The van der Waals surface area contributed by atoms with Crippen LogP contribution in [0.15, 0.2) is 18.2 Å². The summed E-state index contributed by atoms with van der Waals surface area (Å²) in [5.41, 5.74) is 1.11. The smallest absolute Gasteiger partial charge is 0.228 e. The number of nitrogens with zero attached hydrogens (tertiary/aromatic N) is 1. The molecule has 0 aromatic heterocycles. The SMILES string of the molecule is N#Cc1ccc(NC(=O)C2C3CCCCC32)c(Cl)c1. The number of carbonyl (C=O) groups is 1. The van der Waals surface area contributed by atoms with E-state index in [0.717, 1.165) is 0 Å². The molecule has 98 valence electrons. The predicted octanol–water partition coefficient (Wildman–Crippen LogP) is 3.59. The van der Waals surface area contributed by atoms with Crippen molar-refractivity contribution in [1.29, 1.82) is 5.26 Å². The van der Waals surface area contributed by atoms with Crippen molar-refractivity contribution < 1.29 is 4.79 Å². The highest BCUT2D eigenvalue weighted by atomic mass is 35.5. The van der Waals surface area contributed by atoms with Crippen LogP contribution in [-0.2, 0) is 4.79 Å². The molecule has 4 heteroatoms. The maximum absolute atomic E-state index is 12.2. The van der Waals surface area contributed by atoms with Crippen LogP contribution >= 0.6 is 11.6 Å². The molecule has 2 aliphatic carbocycles. The summed E-state index contributed by atoms with van der Waals surface area (Å²) in [7, 11) is 0. The minimum absolute atomic E-state index is 0.0866. The van der Waals surface area contributed by atoms with E-state index in [4.69, 9.17) is 16.9 Å². The van der Waals surface area contributed by atoms with Crippen LogP contribution in [0, 0.1) is 29.1 Å². The van der Waals surface area contributed by atoms with Crippen LogP contribution < -0.4 is 5.32 Å². The zero-order chi connectivity index (χ0) is 13.4. The minimum Gasteiger partial charge on any atom is -0.325 e. The van der Waals surface area contributed by atoms with Crippen molar-refractivity contribution in [2.75, 3.05) is 5.32 Å². The van der Waals surface area contributed by atoms with E-state index in [1.165, 1.54) is 25.7 Å². The number of rotatable bonds is 2. The summed E-state index contributed by atoms with van der Waals surface area (Å²) in [6, 6.07) is 6.97. The van der Waals surface area contributed by atoms with E-state index < -0.39 is 0 Å². The number of anilines is 1. The Kier molecular flexibility index (Phi) is 3.20. The van der Waals surface area contributed by atoms with E-state index in [2.05, 4.69) is 5.32 Å². The van der Waals surface area contributed by atoms with Gasteiger partial charge in [-0.3, -0.25) is 4.79 Å². The molecule has 1 N–H and O–H groups in total. The largest absolute Gasteiger partial charge is 0.325 e. The quantitative estimate of drug-likeness (QED) is 0.896. The van der Waals surface area contributed by atoms with Crippen LogP contribution in [-0.4, -0.2) is 5.91 Å². The molecule has 0 radical (unpaired) electrons. The van der Waals surface area contributed by atoms with Crippen LogP contribution in [0.3, 0.4) is 0 Å². The Hall–Kier alpha value is -1.53. The average Bonchev–Trinajstić information content (AvgIpc) is 3.15. The van der Waals surface area contributed by atoms with Gasteiger partial charge in [-0.05, 0) is 42.9 Å². The van der Waals surface area contributed by atoms with E-state index in [1.807, 2.05) is 6.07 Å². The fourth-order valence-electron chi connectivity index (χ4n) is 3.28. The van der Waals surface area contributed by atoms with Gasteiger partial charge in [-0.25, -0.2) is 0 Å². The molecule has 0 saturated heterocycles. The number of hydrogen-bond acceptors (Lipinski definition) is 2.